The largest absolute Gasteiger partial charge is 0.497 e. The molecule has 0 radical (unpaired) electrons. The van der Waals surface area contributed by atoms with Crippen LogP contribution in [-0.2, 0) is 6.42 Å². The van der Waals surface area contributed by atoms with Crippen molar-refractivity contribution in [2.45, 2.75) is 19.8 Å². The standard InChI is InChI=1S/C12H14O2/c1-8-5-9-3-4-10(14-2)7-11(9)12(13)6-8/h3-4,7-8H,5-6H2,1-2H3. The molecule has 2 nitrogen and oxygen atoms in total. The second kappa shape index (κ2) is 3.45. The molecule has 1 aliphatic rings. The van der Waals surface area contributed by atoms with Crippen LogP contribution in [-0.4, -0.2) is 12.9 Å². The van der Waals surface area contributed by atoms with Crippen LogP contribution < -0.4 is 4.74 Å². The van der Waals surface area contributed by atoms with Gasteiger partial charge in [0.1, 0.15) is 5.75 Å². The number of carbonyl (C=O) groups is 1. The van der Waals surface area contributed by atoms with Crippen LogP contribution in [0.5, 0.6) is 5.75 Å². The van der Waals surface area contributed by atoms with Crippen molar-refractivity contribution in [3.05, 3.63) is 29.3 Å². The lowest BCUT2D eigenvalue weighted by Gasteiger charge is -2.20. The molecule has 74 valence electrons. The molecule has 0 N–H and O–H groups in total. The van der Waals surface area contributed by atoms with Crippen LogP contribution >= 0.6 is 0 Å². The average Bonchev–Trinajstić information content (AvgIpc) is 2.17. The summed E-state index contributed by atoms with van der Waals surface area (Å²) in [7, 11) is 1.62. The molecular formula is C12H14O2. The summed E-state index contributed by atoms with van der Waals surface area (Å²) in [6.45, 7) is 2.12. The molecule has 1 aromatic carbocycles. The zero-order chi connectivity index (χ0) is 10.1. The second-order valence-corrected chi connectivity index (χ2v) is 3.96. The predicted octanol–water partition coefficient (Wildman–Crippen LogP) is 2.46. The molecule has 0 bridgehead atoms. The molecule has 0 amide bonds. The van der Waals surface area contributed by atoms with E-state index in [2.05, 4.69) is 6.92 Å². The minimum atomic E-state index is 0.248. The maximum atomic E-state index is 11.7. The molecule has 1 aromatic rings. The van der Waals surface area contributed by atoms with Crippen molar-refractivity contribution in [2.24, 2.45) is 5.92 Å². The number of rotatable bonds is 1. The zero-order valence-corrected chi connectivity index (χ0v) is 8.54. The third-order valence-corrected chi connectivity index (χ3v) is 2.72. The van der Waals surface area contributed by atoms with Crippen LogP contribution in [0.15, 0.2) is 18.2 Å². The average molecular weight is 190 g/mol. The van der Waals surface area contributed by atoms with Crippen molar-refractivity contribution in [2.75, 3.05) is 7.11 Å². The van der Waals surface area contributed by atoms with Crippen LogP contribution in [0.2, 0.25) is 0 Å². The number of benzene rings is 1. The fraction of sp³-hybridized carbons (Fsp3) is 0.417. The van der Waals surface area contributed by atoms with Gasteiger partial charge in [0, 0.05) is 12.0 Å². The first kappa shape index (κ1) is 9.25. The number of ether oxygens (including phenoxy) is 1. The van der Waals surface area contributed by atoms with Crippen molar-refractivity contribution in [3.63, 3.8) is 0 Å². The van der Waals surface area contributed by atoms with E-state index in [0.717, 1.165) is 23.3 Å². The highest BCUT2D eigenvalue weighted by Crippen LogP contribution is 2.28. The first-order valence-electron chi connectivity index (χ1n) is 4.91. The smallest absolute Gasteiger partial charge is 0.163 e. The molecule has 2 heteroatoms. The molecule has 1 atom stereocenters. The Kier molecular flexibility index (Phi) is 2.28. The molecule has 1 unspecified atom stereocenters. The fourth-order valence-corrected chi connectivity index (χ4v) is 1.99. The first-order chi connectivity index (χ1) is 6.70. The van der Waals surface area contributed by atoms with Crippen LogP contribution in [0.4, 0.5) is 0 Å². The van der Waals surface area contributed by atoms with Gasteiger partial charge in [-0.15, -0.1) is 0 Å². The zero-order valence-electron chi connectivity index (χ0n) is 8.54. The van der Waals surface area contributed by atoms with Crippen LogP contribution in [0.1, 0.15) is 29.3 Å². The van der Waals surface area contributed by atoms with Gasteiger partial charge >= 0.3 is 0 Å². The van der Waals surface area contributed by atoms with Crippen LogP contribution in [0.25, 0.3) is 0 Å². The molecule has 0 fully saturated rings. The van der Waals surface area contributed by atoms with E-state index < -0.39 is 0 Å². The molecule has 0 heterocycles. The van der Waals surface area contributed by atoms with Crippen molar-refractivity contribution in [3.8, 4) is 5.75 Å². The van der Waals surface area contributed by atoms with Gasteiger partial charge in [0.15, 0.2) is 5.78 Å². The molecular weight excluding hydrogens is 176 g/mol. The predicted molar refractivity (Wildman–Crippen MR) is 54.8 cm³/mol. The minimum Gasteiger partial charge on any atom is -0.497 e. The Morgan fingerprint density at radius 1 is 1.36 bits per heavy atom. The molecule has 1 aliphatic carbocycles. The molecule has 2 rings (SSSR count). The van der Waals surface area contributed by atoms with E-state index in [1.165, 1.54) is 0 Å². The molecule has 0 saturated carbocycles. The number of hydrogen-bond acceptors (Lipinski definition) is 2. The summed E-state index contributed by atoms with van der Waals surface area (Å²) in [5.41, 5.74) is 2.01. The molecule has 0 spiro atoms. The Morgan fingerprint density at radius 2 is 2.14 bits per heavy atom. The summed E-state index contributed by atoms with van der Waals surface area (Å²) in [5.74, 6) is 1.49. The van der Waals surface area contributed by atoms with E-state index in [4.69, 9.17) is 4.74 Å². The van der Waals surface area contributed by atoms with Gasteiger partial charge in [-0.1, -0.05) is 13.0 Å². The van der Waals surface area contributed by atoms with Crippen molar-refractivity contribution >= 4 is 5.78 Å². The lowest BCUT2D eigenvalue weighted by Crippen LogP contribution is -2.17. The number of hydrogen-bond donors (Lipinski definition) is 0. The number of methoxy groups -OCH3 is 1. The molecule has 14 heavy (non-hydrogen) atoms. The Labute approximate surface area is 83.9 Å². The van der Waals surface area contributed by atoms with Gasteiger partial charge in [0.2, 0.25) is 0 Å². The summed E-state index contributed by atoms with van der Waals surface area (Å²) in [6, 6.07) is 5.77. The highest BCUT2D eigenvalue weighted by Gasteiger charge is 2.22. The lowest BCUT2D eigenvalue weighted by molar-refractivity contribution is 0.0953. The van der Waals surface area contributed by atoms with Gasteiger partial charge < -0.3 is 4.74 Å². The fourth-order valence-electron chi connectivity index (χ4n) is 1.99. The summed E-state index contributed by atoms with van der Waals surface area (Å²) in [5, 5.41) is 0. The Bertz CT molecular complexity index is 369. The van der Waals surface area contributed by atoms with Crippen molar-refractivity contribution in [1.29, 1.82) is 0 Å². The summed E-state index contributed by atoms with van der Waals surface area (Å²) < 4.78 is 5.10. The van der Waals surface area contributed by atoms with Gasteiger partial charge in [-0.05, 0) is 30.0 Å². The maximum absolute atomic E-state index is 11.7. The first-order valence-corrected chi connectivity index (χ1v) is 4.91. The Balaban J connectivity index is 2.44. The summed E-state index contributed by atoms with van der Waals surface area (Å²) in [4.78, 5) is 11.7. The van der Waals surface area contributed by atoms with E-state index in [1.807, 2.05) is 18.2 Å². The van der Waals surface area contributed by atoms with Crippen molar-refractivity contribution < 1.29 is 9.53 Å². The number of carbonyl (C=O) groups excluding carboxylic acids is 1. The van der Waals surface area contributed by atoms with Gasteiger partial charge in [-0.25, -0.2) is 0 Å². The highest BCUT2D eigenvalue weighted by atomic mass is 16.5. The van der Waals surface area contributed by atoms with E-state index in [-0.39, 0.29) is 5.78 Å². The molecule has 0 saturated heterocycles. The molecule has 0 aliphatic heterocycles. The molecule has 0 aromatic heterocycles. The van der Waals surface area contributed by atoms with Gasteiger partial charge in [-0.3, -0.25) is 4.79 Å². The minimum absolute atomic E-state index is 0.248. The highest BCUT2D eigenvalue weighted by molar-refractivity contribution is 5.99. The van der Waals surface area contributed by atoms with Crippen molar-refractivity contribution in [1.82, 2.24) is 0 Å². The normalized spacial score (nSPS) is 20.4. The summed E-state index contributed by atoms with van der Waals surface area (Å²) >= 11 is 0. The SMILES string of the molecule is COc1ccc2c(c1)C(=O)CC(C)C2. The van der Waals surface area contributed by atoms with Gasteiger partial charge in [0.05, 0.1) is 7.11 Å². The van der Waals surface area contributed by atoms with Gasteiger partial charge in [0.25, 0.3) is 0 Å². The third-order valence-electron chi connectivity index (χ3n) is 2.72. The number of ketones is 1. The summed E-state index contributed by atoms with van der Waals surface area (Å²) in [6.07, 6.45) is 1.67. The third kappa shape index (κ3) is 1.52. The Morgan fingerprint density at radius 3 is 2.86 bits per heavy atom. The van der Waals surface area contributed by atoms with Crippen LogP contribution in [0.3, 0.4) is 0 Å². The van der Waals surface area contributed by atoms with Gasteiger partial charge in [-0.2, -0.15) is 0 Å². The van der Waals surface area contributed by atoms with E-state index in [9.17, 15) is 4.79 Å². The monoisotopic (exact) mass is 190 g/mol. The van der Waals surface area contributed by atoms with Crippen LogP contribution in [0, 0.1) is 5.92 Å². The maximum Gasteiger partial charge on any atom is 0.163 e. The van der Waals surface area contributed by atoms with E-state index in [1.54, 1.807) is 7.11 Å². The second-order valence-electron chi connectivity index (χ2n) is 3.96. The Hall–Kier alpha value is -1.31. The van der Waals surface area contributed by atoms with E-state index in [0.29, 0.717) is 12.3 Å². The number of fused-ring (bicyclic) bond motifs is 1. The topological polar surface area (TPSA) is 26.3 Å². The number of Topliss-reactive ketones (excluding diaryl/α,β-unsaturated/α-hetero) is 1. The quantitative estimate of drug-likeness (QED) is 0.680. The van der Waals surface area contributed by atoms with E-state index >= 15 is 0 Å². The lowest BCUT2D eigenvalue weighted by atomic mass is 9.84.